The van der Waals surface area contributed by atoms with E-state index < -0.39 is 0 Å². The van der Waals surface area contributed by atoms with Gasteiger partial charge in [0.25, 0.3) is 0 Å². The Hall–Kier alpha value is -3.65. The number of carbonyl (C=O) groups excluding carboxylic acids is 1. The van der Waals surface area contributed by atoms with E-state index in [9.17, 15) is 4.79 Å². The highest BCUT2D eigenvalue weighted by atomic mass is 16.2. The number of carbonyl (C=O) groups is 1. The number of benzene rings is 2. The lowest BCUT2D eigenvalue weighted by molar-refractivity contribution is -0.127. The lowest BCUT2D eigenvalue weighted by Crippen LogP contribution is -2.32. The van der Waals surface area contributed by atoms with Gasteiger partial charge in [-0.15, -0.1) is 0 Å². The van der Waals surface area contributed by atoms with Gasteiger partial charge in [0.2, 0.25) is 5.91 Å². The zero-order valence-electron chi connectivity index (χ0n) is 16.0. The summed E-state index contributed by atoms with van der Waals surface area (Å²) < 4.78 is 1.78. The summed E-state index contributed by atoms with van der Waals surface area (Å²) in [6.07, 6.45) is 6.98. The van der Waals surface area contributed by atoms with Gasteiger partial charge in [0.15, 0.2) is 0 Å². The van der Waals surface area contributed by atoms with Crippen molar-refractivity contribution in [3.05, 3.63) is 89.8 Å². The lowest BCUT2D eigenvalue weighted by atomic mass is 10.0. The van der Waals surface area contributed by atoms with Crippen LogP contribution in [0.25, 0.3) is 11.8 Å². The number of para-hydroxylation sites is 1. The van der Waals surface area contributed by atoms with Gasteiger partial charge in [-0.2, -0.15) is 10.4 Å². The van der Waals surface area contributed by atoms with Gasteiger partial charge in [-0.05, 0) is 49.8 Å². The summed E-state index contributed by atoms with van der Waals surface area (Å²) in [4.78, 5) is 14.5. The van der Waals surface area contributed by atoms with E-state index in [0.29, 0.717) is 12.1 Å². The number of likely N-dealkylation sites (N-methyl/N-ethyl adjacent to an activating group) is 1. The third-order valence-corrected chi connectivity index (χ3v) is 4.66. The van der Waals surface area contributed by atoms with Crippen LogP contribution in [-0.4, -0.2) is 27.1 Å². The topological polar surface area (TPSA) is 61.9 Å². The quantitative estimate of drug-likeness (QED) is 0.606. The highest BCUT2D eigenvalue weighted by molar-refractivity contribution is 5.92. The molecule has 0 saturated carbocycles. The molecule has 0 bridgehead atoms. The number of nitriles is 1. The first kappa shape index (κ1) is 19.1. The first-order chi connectivity index (χ1) is 13.6. The number of amides is 1. The number of aromatic nitrogens is 2. The van der Waals surface area contributed by atoms with E-state index in [0.717, 1.165) is 16.8 Å². The van der Waals surface area contributed by atoms with Crippen molar-refractivity contribution in [2.24, 2.45) is 0 Å². The number of hydrogen-bond donors (Lipinski definition) is 0. The van der Waals surface area contributed by atoms with Crippen molar-refractivity contribution in [2.75, 3.05) is 6.54 Å². The van der Waals surface area contributed by atoms with Gasteiger partial charge in [0.1, 0.15) is 0 Å². The zero-order chi connectivity index (χ0) is 19.9. The van der Waals surface area contributed by atoms with Gasteiger partial charge in [-0.25, -0.2) is 4.68 Å². The Balaban J connectivity index is 1.71. The first-order valence-electron chi connectivity index (χ1n) is 9.21. The molecule has 3 aromatic rings. The van der Waals surface area contributed by atoms with Gasteiger partial charge in [0, 0.05) is 24.4 Å². The van der Waals surface area contributed by atoms with E-state index in [-0.39, 0.29) is 11.9 Å². The summed E-state index contributed by atoms with van der Waals surface area (Å²) in [5.74, 6) is -0.0631. The van der Waals surface area contributed by atoms with Crippen molar-refractivity contribution in [1.29, 1.82) is 5.26 Å². The average Bonchev–Trinajstić information content (AvgIpc) is 3.22. The van der Waals surface area contributed by atoms with Crippen LogP contribution < -0.4 is 0 Å². The van der Waals surface area contributed by atoms with E-state index in [1.165, 1.54) is 0 Å². The molecule has 0 saturated heterocycles. The Kier molecular flexibility index (Phi) is 6.03. The maximum absolute atomic E-state index is 12.7. The van der Waals surface area contributed by atoms with Gasteiger partial charge >= 0.3 is 0 Å². The molecule has 0 fully saturated rings. The Labute approximate surface area is 165 Å². The summed E-state index contributed by atoms with van der Waals surface area (Å²) in [5, 5.41) is 13.3. The molecule has 1 aromatic heterocycles. The molecule has 28 heavy (non-hydrogen) atoms. The second-order valence-corrected chi connectivity index (χ2v) is 6.42. The monoisotopic (exact) mass is 370 g/mol. The van der Waals surface area contributed by atoms with Crippen molar-refractivity contribution in [3.63, 3.8) is 0 Å². The molecule has 1 unspecified atom stereocenters. The summed E-state index contributed by atoms with van der Waals surface area (Å²) in [7, 11) is 0. The smallest absolute Gasteiger partial charge is 0.247 e. The van der Waals surface area contributed by atoms with Crippen LogP contribution in [0.4, 0.5) is 0 Å². The Bertz CT molecular complexity index is 997. The third kappa shape index (κ3) is 4.36. The number of hydrogen-bond acceptors (Lipinski definition) is 3. The van der Waals surface area contributed by atoms with E-state index in [1.54, 1.807) is 40.1 Å². The van der Waals surface area contributed by atoms with E-state index in [2.05, 4.69) is 11.2 Å². The molecular formula is C23H22N4O. The molecule has 1 amide bonds. The number of rotatable bonds is 6. The summed E-state index contributed by atoms with van der Waals surface area (Å²) in [5.41, 5.74) is 3.44. The molecule has 5 heteroatoms. The van der Waals surface area contributed by atoms with E-state index >= 15 is 0 Å². The fourth-order valence-corrected chi connectivity index (χ4v) is 3.04. The molecular weight excluding hydrogens is 348 g/mol. The van der Waals surface area contributed by atoms with Crippen LogP contribution in [0.5, 0.6) is 0 Å². The second-order valence-electron chi connectivity index (χ2n) is 6.42. The maximum atomic E-state index is 12.7. The fraction of sp³-hybridized carbons (Fsp3) is 0.174. The molecule has 1 atom stereocenters. The van der Waals surface area contributed by atoms with Crippen LogP contribution in [0.2, 0.25) is 0 Å². The Morgan fingerprint density at radius 3 is 2.57 bits per heavy atom. The Morgan fingerprint density at radius 2 is 1.93 bits per heavy atom. The molecule has 1 heterocycles. The van der Waals surface area contributed by atoms with Gasteiger partial charge in [-0.3, -0.25) is 4.79 Å². The van der Waals surface area contributed by atoms with Gasteiger partial charge in [-0.1, -0.05) is 30.3 Å². The van der Waals surface area contributed by atoms with Crippen LogP contribution in [0, 0.1) is 11.3 Å². The van der Waals surface area contributed by atoms with Crippen molar-refractivity contribution in [3.8, 4) is 11.8 Å². The van der Waals surface area contributed by atoms with Crippen LogP contribution >= 0.6 is 0 Å². The second kappa shape index (κ2) is 8.83. The SMILES string of the molecule is CCN(C(=O)/C=C/c1cnn(-c2ccccc2)c1)C(C)c1ccc(C#N)cc1. The maximum Gasteiger partial charge on any atom is 0.247 e. The van der Waals surface area contributed by atoms with Crippen LogP contribution in [0.15, 0.2) is 73.1 Å². The molecule has 2 aromatic carbocycles. The van der Waals surface area contributed by atoms with Crippen molar-refractivity contribution < 1.29 is 4.79 Å². The molecule has 0 aliphatic rings. The van der Waals surface area contributed by atoms with Crippen LogP contribution in [0.1, 0.15) is 36.6 Å². The molecule has 0 spiro atoms. The predicted octanol–water partition coefficient (Wildman–Crippen LogP) is 4.37. The number of nitrogens with zero attached hydrogens (tertiary/aromatic N) is 4. The minimum Gasteiger partial charge on any atom is -0.333 e. The third-order valence-electron chi connectivity index (χ3n) is 4.66. The minimum atomic E-state index is -0.0815. The van der Waals surface area contributed by atoms with E-state index in [1.807, 2.05) is 62.5 Å². The zero-order valence-corrected chi connectivity index (χ0v) is 16.0. The molecule has 0 aliphatic carbocycles. The molecule has 0 radical (unpaired) electrons. The minimum absolute atomic E-state index is 0.0631. The van der Waals surface area contributed by atoms with E-state index in [4.69, 9.17) is 5.26 Å². The molecule has 0 N–H and O–H groups in total. The van der Waals surface area contributed by atoms with Crippen molar-refractivity contribution in [1.82, 2.24) is 14.7 Å². The molecule has 140 valence electrons. The Morgan fingerprint density at radius 1 is 1.21 bits per heavy atom. The van der Waals surface area contributed by atoms with Crippen LogP contribution in [0.3, 0.4) is 0 Å². The highest BCUT2D eigenvalue weighted by Gasteiger charge is 2.18. The molecule has 5 nitrogen and oxygen atoms in total. The standard InChI is InChI=1S/C23H22N4O/c1-3-26(18(2)21-12-9-19(15-24)10-13-21)23(28)14-11-20-16-25-27(17-20)22-7-5-4-6-8-22/h4-14,16-18H,3H2,1-2H3/b14-11+. The summed E-state index contributed by atoms with van der Waals surface area (Å²) in [6, 6.07) is 19.2. The highest BCUT2D eigenvalue weighted by Crippen LogP contribution is 2.21. The van der Waals surface area contributed by atoms with Crippen LogP contribution in [-0.2, 0) is 4.79 Å². The molecule has 3 rings (SSSR count). The summed E-state index contributed by atoms with van der Waals surface area (Å²) >= 11 is 0. The normalized spacial score (nSPS) is 11.9. The van der Waals surface area contributed by atoms with Gasteiger partial charge in [0.05, 0.1) is 29.6 Å². The molecule has 0 aliphatic heterocycles. The van der Waals surface area contributed by atoms with Gasteiger partial charge < -0.3 is 4.90 Å². The first-order valence-corrected chi connectivity index (χ1v) is 9.21. The summed E-state index contributed by atoms with van der Waals surface area (Å²) in [6.45, 7) is 4.54. The fourth-order valence-electron chi connectivity index (χ4n) is 3.04. The largest absolute Gasteiger partial charge is 0.333 e. The van der Waals surface area contributed by atoms with Crippen molar-refractivity contribution in [2.45, 2.75) is 19.9 Å². The van der Waals surface area contributed by atoms with Crippen molar-refractivity contribution >= 4 is 12.0 Å². The lowest BCUT2D eigenvalue weighted by Gasteiger charge is -2.27. The predicted molar refractivity (Wildman–Crippen MR) is 110 cm³/mol. The average molecular weight is 370 g/mol.